The molecule has 0 radical (unpaired) electrons. The Hall–Kier alpha value is -3.20. The number of thiophene rings is 1. The second kappa shape index (κ2) is 8.66. The molecule has 0 atom stereocenters. The first-order valence-electron chi connectivity index (χ1n) is 9.84. The van der Waals surface area contributed by atoms with Gasteiger partial charge in [0.2, 0.25) is 5.84 Å². The van der Waals surface area contributed by atoms with Gasteiger partial charge < -0.3 is 10.2 Å². The molecule has 8 nitrogen and oxygen atoms in total. The summed E-state index contributed by atoms with van der Waals surface area (Å²) in [5.41, 5.74) is 5.29. The molecule has 3 amide bonds. The normalized spacial score (nSPS) is 17.4. The van der Waals surface area contributed by atoms with Crippen molar-refractivity contribution in [1.29, 1.82) is 0 Å². The number of nitrogens with one attached hydrogen (secondary N) is 2. The molecule has 156 valence electrons. The highest BCUT2D eigenvalue weighted by molar-refractivity contribution is 7.08. The Bertz CT molecular complexity index is 963. The first-order valence-corrected chi connectivity index (χ1v) is 10.8. The van der Waals surface area contributed by atoms with Gasteiger partial charge in [0, 0.05) is 30.1 Å². The number of piperidine rings is 1. The van der Waals surface area contributed by atoms with E-state index in [2.05, 4.69) is 15.7 Å². The number of likely N-dealkylation sites (tertiary alicyclic amines) is 1. The van der Waals surface area contributed by atoms with Crippen molar-refractivity contribution in [1.82, 2.24) is 15.6 Å². The fourth-order valence-electron chi connectivity index (χ4n) is 3.48. The zero-order valence-corrected chi connectivity index (χ0v) is 17.4. The van der Waals surface area contributed by atoms with Crippen molar-refractivity contribution in [3.8, 4) is 0 Å². The zero-order valence-electron chi connectivity index (χ0n) is 16.6. The number of aliphatic imine (C=N–C) groups is 1. The molecular formula is C21H23N5O3S. The zero-order chi connectivity index (χ0) is 21.1. The highest BCUT2D eigenvalue weighted by Crippen LogP contribution is 2.17. The third-order valence-corrected chi connectivity index (χ3v) is 5.92. The second-order valence-electron chi connectivity index (χ2n) is 7.39. The number of anilines is 1. The van der Waals surface area contributed by atoms with Gasteiger partial charge >= 0.3 is 0 Å². The minimum Gasteiger partial charge on any atom is -0.349 e. The highest BCUT2D eigenvalue weighted by atomic mass is 32.1. The fraction of sp³-hybridized carbons (Fsp3) is 0.333. The number of carbonyl (C=O) groups is 3. The van der Waals surface area contributed by atoms with Gasteiger partial charge in [-0.1, -0.05) is 17.7 Å². The first-order chi connectivity index (χ1) is 14.5. The van der Waals surface area contributed by atoms with Gasteiger partial charge in [0.05, 0.1) is 5.69 Å². The molecular weight excluding hydrogens is 402 g/mol. The SMILES string of the molecule is Cc1ccc(N2NC(C(=O)N3CCC(NC(=O)c4ccsc4)CC3)=NCC2=O)cc1. The highest BCUT2D eigenvalue weighted by Gasteiger charge is 2.31. The van der Waals surface area contributed by atoms with Crippen LogP contribution < -0.4 is 15.8 Å². The molecule has 0 unspecified atom stereocenters. The molecule has 1 saturated heterocycles. The van der Waals surface area contributed by atoms with E-state index in [-0.39, 0.29) is 36.1 Å². The number of carbonyl (C=O) groups excluding carboxylic acids is 3. The van der Waals surface area contributed by atoms with E-state index >= 15 is 0 Å². The number of amides is 3. The van der Waals surface area contributed by atoms with Gasteiger partial charge in [-0.2, -0.15) is 11.3 Å². The van der Waals surface area contributed by atoms with Gasteiger partial charge in [-0.05, 0) is 43.3 Å². The fourth-order valence-corrected chi connectivity index (χ4v) is 4.11. The number of amidine groups is 1. The summed E-state index contributed by atoms with van der Waals surface area (Å²) in [6.07, 6.45) is 1.35. The maximum absolute atomic E-state index is 12.9. The Kier molecular flexibility index (Phi) is 5.80. The smallest absolute Gasteiger partial charge is 0.290 e. The van der Waals surface area contributed by atoms with E-state index < -0.39 is 0 Å². The lowest BCUT2D eigenvalue weighted by molar-refractivity contribution is -0.125. The number of rotatable bonds is 4. The van der Waals surface area contributed by atoms with Crippen molar-refractivity contribution in [3.05, 3.63) is 52.2 Å². The first kappa shape index (κ1) is 20.1. The molecule has 4 rings (SSSR count). The molecule has 1 aromatic heterocycles. The van der Waals surface area contributed by atoms with Crippen molar-refractivity contribution in [2.45, 2.75) is 25.8 Å². The Balaban J connectivity index is 1.34. The Morgan fingerprint density at radius 3 is 2.57 bits per heavy atom. The van der Waals surface area contributed by atoms with E-state index in [1.54, 1.807) is 11.0 Å². The summed E-state index contributed by atoms with van der Waals surface area (Å²) in [6.45, 7) is 2.94. The van der Waals surface area contributed by atoms with Crippen molar-refractivity contribution >= 4 is 40.6 Å². The number of aryl methyl sites for hydroxylation is 1. The molecule has 2 aromatic rings. The maximum Gasteiger partial charge on any atom is 0.290 e. The van der Waals surface area contributed by atoms with Crippen LogP contribution in [-0.4, -0.2) is 54.1 Å². The van der Waals surface area contributed by atoms with Crippen molar-refractivity contribution < 1.29 is 14.4 Å². The Labute approximate surface area is 178 Å². The molecule has 30 heavy (non-hydrogen) atoms. The minimum absolute atomic E-state index is 0.0355. The van der Waals surface area contributed by atoms with Gasteiger partial charge in [0.25, 0.3) is 17.7 Å². The molecule has 2 N–H and O–H groups in total. The van der Waals surface area contributed by atoms with Crippen LogP contribution in [0.4, 0.5) is 5.69 Å². The average molecular weight is 426 g/mol. The maximum atomic E-state index is 12.9. The summed E-state index contributed by atoms with van der Waals surface area (Å²) in [5, 5.41) is 8.09. The summed E-state index contributed by atoms with van der Waals surface area (Å²) >= 11 is 1.49. The van der Waals surface area contributed by atoms with Crippen LogP contribution in [0.3, 0.4) is 0 Å². The van der Waals surface area contributed by atoms with Crippen molar-refractivity contribution in [3.63, 3.8) is 0 Å². The largest absolute Gasteiger partial charge is 0.349 e. The summed E-state index contributed by atoms with van der Waals surface area (Å²) in [5.74, 6) is -0.366. The van der Waals surface area contributed by atoms with Gasteiger partial charge in [-0.25, -0.2) is 5.01 Å². The molecule has 1 fully saturated rings. The van der Waals surface area contributed by atoms with Crippen LogP contribution in [0.15, 0.2) is 46.1 Å². The quantitative estimate of drug-likeness (QED) is 0.780. The number of benzene rings is 1. The molecule has 9 heteroatoms. The van der Waals surface area contributed by atoms with Crippen LogP contribution in [0.25, 0.3) is 0 Å². The van der Waals surface area contributed by atoms with E-state index in [1.165, 1.54) is 16.3 Å². The van der Waals surface area contributed by atoms with Crippen molar-refractivity contribution in [2.75, 3.05) is 24.6 Å². The summed E-state index contributed by atoms with van der Waals surface area (Å²) in [6, 6.07) is 9.31. The Morgan fingerprint density at radius 1 is 1.17 bits per heavy atom. The lowest BCUT2D eigenvalue weighted by atomic mass is 10.0. The molecule has 0 saturated carbocycles. The average Bonchev–Trinajstić information content (AvgIpc) is 3.30. The molecule has 1 aromatic carbocycles. The predicted octanol–water partition coefficient (Wildman–Crippen LogP) is 1.73. The van der Waals surface area contributed by atoms with Gasteiger partial charge in [-0.15, -0.1) is 0 Å². The van der Waals surface area contributed by atoms with Gasteiger partial charge in [-0.3, -0.25) is 24.8 Å². The molecule has 0 aliphatic carbocycles. The molecule has 3 heterocycles. The lowest BCUT2D eigenvalue weighted by Crippen LogP contribution is -2.57. The second-order valence-corrected chi connectivity index (χ2v) is 8.17. The number of hydrogen-bond donors (Lipinski definition) is 2. The molecule has 0 bridgehead atoms. The van der Waals surface area contributed by atoms with Crippen molar-refractivity contribution in [2.24, 2.45) is 4.99 Å². The predicted molar refractivity (Wildman–Crippen MR) is 115 cm³/mol. The molecule has 0 spiro atoms. The monoisotopic (exact) mass is 425 g/mol. The summed E-state index contributed by atoms with van der Waals surface area (Å²) < 4.78 is 0. The van der Waals surface area contributed by atoms with Crippen LogP contribution in [0.5, 0.6) is 0 Å². The van der Waals surface area contributed by atoms with Crippen LogP contribution in [0.1, 0.15) is 28.8 Å². The van der Waals surface area contributed by atoms with E-state index in [4.69, 9.17) is 0 Å². The summed E-state index contributed by atoms with van der Waals surface area (Å²) in [4.78, 5) is 43.2. The third-order valence-electron chi connectivity index (χ3n) is 5.24. The molecule has 2 aliphatic rings. The number of hydrazine groups is 1. The van der Waals surface area contributed by atoms with E-state index in [1.807, 2.05) is 41.9 Å². The van der Waals surface area contributed by atoms with Crippen LogP contribution in [0.2, 0.25) is 0 Å². The number of nitrogens with zero attached hydrogens (tertiary/aromatic N) is 3. The lowest BCUT2D eigenvalue weighted by Gasteiger charge is -2.34. The third kappa shape index (κ3) is 4.35. The van der Waals surface area contributed by atoms with Gasteiger partial charge in [0.15, 0.2) is 0 Å². The Morgan fingerprint density at radius 2 is 1.90 bits per heavy atom. The number of hydrogen-bond acceptors (Lipinski definition) is 6. The van der Waals surface area contributed by atoms with Crippen LogP contribution >= 0.6 is 11.3 Å². The van der Waals surface area contributed by atoms with E-state index in [9.17, 15) is 14.4 Å². The topological polar surface area (TPSA) is 94.1 Å². The molecule has 2 aliphatic heterocycles. The van der Waals surface area contributed by atoms with E-state index in [0.29, 0.717) is 37.2 Å². The standard InChI is InChI=1S/C21H23N5O3S/c1-14-2-4-17(5-3-14)26-18(27)12-22-19(24-26)21(29)25-9-6-16(7-10-25)23-20(28)15-8-11-30-13-15/h2-5,8,11,13,16H,6-7,9-10,12H2,1H3,(H,22,24)(H,23,28). The van der Waals surface area contributed by atoms with Gasteiger partial charge in [0.1, 0.15) is 6.54 Å². The van der Waals surface area contributed by atoms with Crippen LogP contribution in [-0.2, 0) is 9.59 Å². The summed E-state index contributed by atoms with van der Waals surface area (Å²) in [7, 11) is 0. The van der Waals surface area contributed by atoms with E-state index in [0.717, 1.165) is 5.56 Å². The minimum atomic E-state index is -0.234. The van der Waals surface area contributed by atoms with Crippen LogP contribution in [0, 0.1) is 6.92 Å².